The molecule has 0 unspecified atom stereocenters. The summed E-state index contributed by atoms with van der Waals surface area (Å²) in [5.74, 6) is -1.29. The number of unbranched alkanes of at least 4 members (excludes halogenated alkanes) is 1. The molecule has 1 atom stereocenters. The fraction of sp³-hybridized carbons (Fsp3) is 0.375. The lowest BCUT2D eigenvalue weighted by Gasteiger charge is -2.34. The first kappa shape index (κ1) is 20.8. The summed E-state index contributed by atoms with van der Waals surface area (Å²) in [6.07, 6.45) is 5.15. The van der Waals surface area contributed by atoms with Crippen molar-refractivity contribution in [3.8, 4) is 0 Å². The number of nitrogens with one attached hydrogen (secondary N) is 1. The van der Waals surface area contributed by atoms with Gasteiger partial charge in [-0.3, -0.25) is 14.4 Å². The highest BCUT2D eigenvalue weighted by Gasteiger charge is 2.35. The Hall–Kier alpha value is -2.95. The van der Waals surface area contributed by atoms with Crippen molar-refractivity contribution in [1.29, 1.82) is 0 Å². The quantitative estimate of drug-likeness (QED) is 0.425. The highest BCUT2D eigenvalue weighted by molar-refractivity contribution is 6.43. The maximum atomic E-state index is 12.7. The van der Waals surface area contributed by atoms with E-state index in [1.165, 1.54) is 10.5 Å². The summed E-state index contributed by atoms with van der Waals surface area (Å²) in [5.41, 5.74) is 1.66. The van der Waals surface area contributed by atoms with E-state index in [2.05, 4.69) is 17.4 Å². The number of nitrogens with zero attached hydrogens (tertiary/aromatic N) is 1. The molecule has 1 fully saturated rings. The van der Waals surface area contributed by atoms with Crippen LogP contribution < -0.4 is 5.32 Å². The second-order valence-electron chi connectivity index (χ2n) is 7.44. The number of hydrogen-bond donors (Lipinski definition) is 1. The van der Waals surface area contributed by atoms with Crippen LogP contribution in [0.1, 0.15) is 48.0 Å². The van der Waals surface area contributed by atoms with Crippen LogP contribution in [0.5, 0.6) is 0 Å². The third-order valence-corrected chi connectivity index (χ3v) is 5.33. The van der Waals surface area contributed by atoms with Gasteiger partial charge in [-0.2, -0.15) is 0 Å². The topological polar surface area (TPSA) is 66.5 Å². The number of Topliss-reactive ketones (excluding diaryl/α,β-unsaturated/α-hetero) is 1. The van der Waals surface area contributed by atoms with Crippen molar-refractivity contribution in [3.63, 3.8) is 0 Å². The van der Waals surface area contributed by atoms with E-state index in [0.717, 1.165) is 32.1 Å². The largest absolute Gasteiger partial charge is 0.354 e. The van der Waals surface area contributed by atoms with Gasteiger partial charge >= 0.3 is 0 Å². The number of aryl methyl sites for hydroxylation is 1. The van der Waals surface area contributed by atoms with Gasteiger partial charge in [0, 0.05) is 18.7 Å². The summed E-state index contributed by atoms with van der Waals surface area (Å²) in [6.45, 7) is 1.03. The maximum absolute atomic E-state index is 12.7. The Morgan fingerprint density at radius 2 is 1.59 bits per heavy atom. The van der Waals surface area contributed by atoms with Crippen LogP contribution in [-0.2, 0) is 16.0 Å². The smallest absolute Gasteiger partial charge is 0.295 e. The van der Waals surface area contributed by atoms with Crippen LogP contribution >= 0.6 is 0 Å². The van der Waals surface area contributed by atoms with E-state index in [9.17, 15) is 14.4 Å². The molecule has 5 heteroatoms. The van der Waals surface area contributed by atoms with Crippen LogP contribution in [0.3, 0.4) is 0 Å². The third kappa shape index (κ3) is 5.76. The molecule has 1 aliphatic rings. The molecule has 0 bridgehead atoms. The van der Waals surface area contributed by atoms with Crippen molar-refractivity contribution in [1.82, 2.24) is 10.2 Å². The molecule has 2 amide bonds. The van der Waals surface area contributed by atoms with E-state index in [1.807, 2.05) is 18.2 Å². The number of benzene rings is 2. The van der Waals surface area contributed by atoms with Gasteiger partial charge < -0.3 is 10.2 Å². The van der Waals surface area contributed by atoms with Gasteiger partial charge in [0.15, 0.2) is 0 Å². The van der Waals surface area contributed by atoms with Crippen molar-refractivity contribution in [2.45, 2.75) is 44.6 Å². The summed E-state index contributed by atoms with van der Waals surface area (Å²) in [5, 5.41) is 2.96. The SMILES string of the molecule is O=C(C(=O)N1CCCC[C@H]1C(=O)NCCCCc1ccccc1)c1ccccc1. The predicted octanol–water partition coefficient (Wildman–Crippen LogP) is 3.39. The third-order valence-electron chi connectivity index (χ3n) is 5.33. The molecule has 0 aromatic heterocycles. The number of carbonyl (C=O) groups is 3. The maximum Gasteiger partial charge on any atom is 0.295 e. The molecule has 1 N–H and O–H groups in total. The molecule has 0 spiro atoms. The number of likely N-dealkylation sites (tertiary alicyclic amines) is 1. The molecular weight excluding hydrogens is 364 g/mol. The number of carbonyl (C=O) groups excluding carboxylic acids is 3. The molecule has 1 heterocycles. The summed E-state index contributed by atoms with van der Waals surface area (Å²) < 4.78 is 0. The van der Waals surface area contributed by atoms with E-state index in [4.69, 9.17) is 0 Å². The van der Waals surface area contributed by atoms with Gasteiger partial charge in [0.1, 0.15) is 6.04 Å². The lowest BCUT2D eigenvalue weighted by Crippen LogP contribution is -2.53. The zero-order valence-electron chi connectivity index (χ0n) is 16.7. The Kier molecular flexibility index (Phi) is 7.56. The van der Waals surface area contributed by atoms with Crippen LogP contribution in [0, 0.1) is 0 Å². The fourth-order valence-corrected chi connectivity index (χ4v) is 3.72. The first-order valence-corrected chi connectivity index (χ1v) is 10.4. The molecule has 5 nitrogen and oxygen atoms in total. The minimum absolute atomic E-state index is 0.154. The molecule has 29 heavy (non-hydrogen) atoms. The lowest BCUT2D eigenvalue weighted by molar-refractivity contribution is -0.138. The molecule has 0 saturated carbocycles. The second-order valence-corrected chi connectivity index (χ2v) is 7.44. The average molecular weight is 392 g/mol. The van der Waals surface area contributed by atoms with E-state index in [0.29, 0.717) is 25.1 Å². The normalized spacial score (nSPS) is 16.3. The number of ketones is 1. The lowest BCUT2D eigenvalue weighted by atomic mass is 9.99. The van der Waals surface area contributed by atoms with Gasteiger partial charge in [-0.05, 0) is 44.1 Å². The van der Waals surface area contributed by atoms with Crippen molar-refractivity contribution < 1.29 is 14.4 Å². The van der Waals surface area contributed by atoms with E-state index >= 15 is 0 Å². The first-order valence-electron chi connectivity index (χ1n) is 10.4. The van der Waals surface area contributed by atoms with E-state index in [-0.39, 0.29) is 5.91 Å². The predicted molar refractivity (Wildman–Crippen MR) is 113 cm³/mol. The number of hydrogen-bond acceptors (Lipinski definition) is 3. The molecule has 0 aliphatic carbocycles. The highest BCUT2D eigenvalue weighted by Crippen LogP contribution is 2.19. The first-order chi connectivity index (χ1) is 14.2. The minimum atomic E-state index is -0.583. The van der Waals surface area contributed by atoms with Gasteiger partial charge in [0.05, 0.1) is 0 Å². The molecule has 0 radical (unpaired) electrons. The van der Waals surface area contributed by atoms with Gasteiger partial charge in [-0.25, -0.2) is 0 Å². The Bertz CT molecular complexity index is 821. The fourth-order valence-electron chi connectivity index (χ4n) is 3.72. The van der Waals surface area contributed by atoms with Crippen LogP contribution in [-0.4, -0.2) is 41.6 Å². The van der Waals surface area contributed by atoms with Gasteiger partial charge in [-0.1, -0.05) is 60.7 Å². The van der Waals surface area contributed by atoms with E-state index < -0.39 is 17.7 Å². The van der Waals surface area contributed by atoms with E-state index in [1.54, 1.807) is 30.3 Å². The van der Waals surface area contributed by atoms with Crippen LogP contribution in [0.4, 0.5) is 0 Å². The molecule has 1 saturated heterocycles. The molecule has 3 rings (SSSR count). The molecular formula is C24H28N2O3. The van der Waals surface area contributed by atoms with Crippen molar-refractivity contribution >= 4 is 17.6 Å². The summed E-state index contributed by atoms with van der Waals surface area (Å²) in [7, 11) is 0. The van der Waals surface area contributed by atoms with Crippen molar-refractivity contribution in [2.24, 2.45) is 0 Å². The van der Waals surface area contributed by atoms with Crippen molar-refractivity contribution in [2.75, 3.05) is 13.1 Å². The van der Waals surface area contributed by atoms with Crippen LogP contribution in [0.15, 0.2) is 60.7 Å². The molecule has 2 aromatic carbocycles. The van der Waals surface area contributed by atoms with Crippen molar-refractivity contribution in [3.05, 3.63) is 71.8 Å². The summed E-state index contributed by atoms with van der Waals surface area (Å²) in [4.78, 5) is 39.4. The number of rotatable bonds is 8. The van der Waals surface area contributed by atoms with Gasteiger partial charge in [0.25, 0.3) is 5.91 Å². The van der Waals surface area contributed by atoms with Gasteiger partial charge in [0.2, 0.25) is 11.7 Å². The second kappa shape index (κ2) is 10.6. The Balaban J connectivity index is 1.50. The Morgan fingerprint density at radius 1 is 0.897 bits per heavy atom. The standard InChI is InChI=1S/C24H28N2O3/c27-22(20-14-5-2-6-15-20)24(29)26-18-10-8-16-21(26)23(28)25-17-9-7-13-19-11-3-1-4-12-19/h1-6,11-12,14-15,21H,7-10,13,16-18H2,(H,25,28)/t21-/m0/s1. The zero-order chi connectivity index (χ0) is 20.5. The van der Waals surface area contributed by atoms with Crippen LogP contribution in [0.25, 0.3) is 0 Å². The average Bonchev–Trinajstić information content (AvgIpc) is 2.79. The monoisotopic (exact) mass is 392 g/mol. The molecule has 2 aromatic rings. The number of amides is 2. The minimum Gasteiger partial charge on any atom is -0.354 e. The molecule has 152 valence electrons. The van der Waals surface area contributed by atoms with Gasteiger partial charge in [-0.15, -0.1) is 0 Å². The summed E-state index contributed by atoms with van der Waals surface area (Å²) in [6, 6.07) is 18.2. The molecule has 1 aliphatic heterocycles. The number of piperidine rings is 1. The highest BCUT2D eigenvalue weighted by atomic mass is 16.2. The summed E-state index contributed by atoms with van der Waals surface area (Å²) >= 11 is 0. The zero-order valence-corrected chi connectivity index (χ0v) is 16.7. The Labute approximate surface area is 172 Å². The van der Waals surface area contributed by atoms with Crippen LogP contribution in [0.2, 0.25) is 0 Å². The Morgan fingerprint density at radius 3 is 2.31 bits per heavy atom.